The number of phenolic OH excluding ortho intramolecular Hbond substituents is 2. The summed E-state index contributed by atoms with van der Waals surface area (Å²) in [7, 11) is 0. The smallest absolute Gasteiger partial charge is 0.316 e. The van der Waals surface area contributed by atoms with Crippen LogP contribution in [0.15, 0.2) is 28.7 Å². The quantitative estimate of drug-likeness (QED) is 0.310. The molecule has 0 bridgehead atoms. The number of allylic oxidation sites excluding steroid dienone is 2. The number of benzene rings is 1. The van der Waals surface area contributed by atoms with Crippen molar-refractivity contribution in [1.29, 1.82) is 0 Å². The fraction of sp³-hybridized carbons (Fsp3) is 0.625. The molecule has 1 saturated carbocycles. The molecule has 0 amide bonds. The van der Waals surface area contributed by atoms with Gasteiger partial charge in [0.25, 0.3) is 0 Å². The Bertz CT molecular complexity index is 832. The standard InChI is InChI=1S/C24H34O4S/c1-14-7-6-8-20-23(14,4)10-9-15(2)24(20,5)13-17-11-18(25)12-19(21(17)26)29-16(3)22(27)28/h7,11-12,15-16,20,25-26H,6,8-10,13H2,1-5H3,(H,27,28)/t15-,16?,20+,23+,24+/m0/s1. The Hall–Kier alpha value is -1.62. The number of carboxylic acid groups (broad SMARTS) is 1. The highest BCUT2D eigenvalue weighted by molar-refractivity contribution is 8.00. The minimum Gasteiger partial charge on any atom is -0.508 e. The molecule has 2 aliphatic rings. The molecule has 1 aromatic carbocycles. The van der Waals surface area contributed by atoms with Gasteiger partial charge in [0.2, 0.25) is 0 Å². The predicted molar refractivity (Wildman–Crippen MR) is 118 cm³/mol. The van der Waals surface area contributed by atoms with Gasteiger partial charge in [0.15, 0.2) is 0 Å². The van der Waals surface area contributed by atoms with E-state index in [1.54, 1.807) is 13.0 Å². The van der Waals surface area contributed by atoms with Gasteiger partial charge in [0.05, 0.1) is 4.90 Å². The molecule has 160 valence electrons. The van der Waals surface area contributed by atoms with Crippen molar-refractivity contribution in [3.8, 4) is 11.5 Å². The molecular weight excluding hydrogens is 384 g/mol. The van der Waals surface area contributed by atoms with Crippen LogP contribution in [0.5, 0.6) is 11.5 Å². The minimum absolute atomic E-state index is 0.00581. The number of phenols is 2. The van der Waals surface area contributed by atoms with Gasteiger partial charge in [-0.25, -0.2) is 0 Å². The van der Waals surface area contributed by atoms with Crippen LogP contribution in [0.1, 0.15) is 65.9 Å². The fourth-order valence-electron chi connectivity index (χ4n) is 5.73. The van der Waals surface area contributed by atoms with E-state index in [0.29, 0.717) is 23.2 Å². The third-order valence-corrected chi connectivity index (χ3v) is 9.08. The number of hydrogen-bond acceptors (Lipinski definition) is 4. The number of aromatic hydroxyl groups is 2. The van der Waals surface area contributed by atoms with E-state index in [-0.39, 0.29) is 22.3 Å². The predicted octanol–water partition coefficient (Wildman–Crippen LogP) is 6.00. The van der Waals surface area contributed by atoms with Crippen LogP contribution >= 0.6 is 11.8 Å². The van der Waals surface area contributed by atoms with E-state index in [0.717, 1.165) is 36.6 Å². The van der Waals surface area contributed by atoms with Crippen molar-refractivity contribution >= 4 is 17.7 Å². The van der Waals surface area contributed by atoms with Gasteiger partial charge in [0, 0.05) is 0 Å². The van der Waals surface area contributed by atoms with E-state index in [4.69, 9.17) is 0 Å². The van der Waals surface area contributed by atoms with E-state index >= 15 is 0 Å². The number of hydrogen-bond donors (Lipinski definition) is 3. The average Bonchev–Trinajstić information content (AvgIpc) is 2.64. The molecule has 0 heterocycles. The maximum atomic E-state index is 11.2. The molecule has 0 radical (unpaired) electrons. The number of fused-ring (bicyclic) bond motifs is 1. The molecule has 1 unspecified atom stereocenters. The van der Waals surface area contributed by atoms with Crippen LogP contribution in [-0.2, 0) is 11.2 Å². The third-order valence-electron chi connectivity index (χ3n) is 7.96. The molecule has 5 heteroatoms. The zero-order chi connectivity index (χ0) is 21.6. The molecule has 3 N–H and O–H groups in total. The van der Waals surface area contributed by atoms with Crippen LogP contribution in [-0.4, -0.2) is 26.5 Å². The minimum atomic E-state index is -0.938. The summed E-state index contributed by atoms with van der Waals surface area (Å²) in [5.74, 6) is 0.270. The molecule has 0 spiro atoms. The molecule has 29 heavy (non-hydrogen) atoms. The number of aliphatic carboxylic acids is 1. The van der Waals surface area contributed by atoms with Crippen molar-refractivity contribution in [3.05, 3.63) is 29.3 Å². The summed E-state index contributed by atoms with van der Waals surface area (Å²) in [5.41, 5.74) is 2.38. The van der Waals surface area contributed by atoms with Gasteiger partial charge in [-0.1, -0.05) is 32.4 Å². The molecule has 4 nitrogen and oxygen atoms in total. The fourth-order valence-corrected chi connectivity index (χ4v) is 6.65. The van der Waals surface area contributed by atoms with Gasteiger partial charge in [-0.05, 0) is 86.3 Å². The van der Waals surface area contributed by atoms with Crippen molar-refractivity contribution in [2.45, 2.75) is 76.9 Å². The lowest BCUT2D eigenvalue weighted by Crippen LogP contribution is -2.50. The van der Waals surface area contributed by atoms with Crippen molar-refractivity contribution in [2.24, 2.45) is 22.7 Å². The van der Waals surface area contributed by atoms with Crippen LogP contribution in [0, 0.1) is 22.7 Å². The Morgan fingerprint density at radius 3 is 2.62 bits per heavy atom. The molecule has 5 atom stereocenters. The van der Waals surface area contributed by atoms with Crippen molar-refractivity contribution in [2.75, 3.05) is 0 Å². The first-order chi connectivity index (χ1) is 13.5. The lowest BCUT2D eigenvalue weighted by Gasteiger charge is -2.58. The largest absolute Gasteiger partial charge is 0.508 e. The van der Waals surface area contributed by atoms with E-state index < -0.39 is 11.2 Å². The van der Waals surface area contributed by atoms with Crippen molar-refractivity contribution in [1.82, 2.24) is 0 Å². The summed E-state index contributed by atoms with van der Waals surface area (Å²) < 4.78 is 0. The molecule has 0 aromatic heterocycles. The second-order valence-electron chi connectivity index (χ2n) is 9.61. The number of carbonyl (C=O) groups is 1. The van der Waals surface area contributed by atoms with E-state index in [9.17, 15) is 20.1 Å². The molecule has 1 fully saturated rings. The zero-order valence-electron chi connectivity index (χ0n) is 18.2. The highest BCUT2D eigenvalue weighted by Gasteiger charge is 2.53. The number of carboxylic acids is 1. The second kappa shape index (κ2) is 7.90. The van der Waals surface area contributed by atoms with E-state index in [1.165, 1.54) is 18.1 Å². The highest BCUT2D eigenvalue weighted by Crippen LogP contribution is 2.61. The zero-order valence-corrected chi connectivity index (χ0v) is 19.0. The Labute approximate surface area is 178 Å². The Kier molecular flexibility index (Phi) is 6.01. The molecule has 3 rings (SSSR count). The second-order valence-corrected chi connectivity index (χ2v) is 11.0. The molecule has 1 aromatic rings. The van der Waals surface area contributed by atoms with Gasteiger partial charge in [0.1, 0.15) is 16.7 Å². The average molecular weight is 419 g/mol. The maximum absolute atomic E-state index is 11.2. The summed E-state index contributed by atoms with van der Waals surface area (Å²) in [6.45, 7) is 10.9. The SMILES string of the molecule is CC1=CCC[C@H]2[C@](C)(Cc3cc(O)cc(SC(C)C(=O)O)c3O)[C@@H](C)CC[C@]12C. The van der Waals surface area contributed by atoms with Crippen molar-refractivity contribution < 1.29 is 20.1 Å². The summed E-state index contributed by atoms with van der Waals surface area (Å²) in [6.07, 6.45) is 7.65. The maximum Gasteiger partial charge on any atom is 0.316 e. The first-order valence-corrected chi connectivity index (χ1v) is 11.5. The molecule has 2 aliphatic carbocycles. The Balaban J connectivity index is 1.98. The monoisotopic (exact) mass is 418 g/mol. The summed E-state index contributed by atoms with van der Waals surface area (Å²) in [5, 5.41) is 29.8. The topological polar surface area (TPSA) is 77.8 Å². The normalized spacial score (nSPS) is 32.9. The van der Waals surface area contributed by atoms with Gasteiger partial charge in [-0.15, -0.1) is 11.8 Å². The van der Waals surface area contributed by atoms with Crippen LogP contribution < -0.4 is 0 Å². The van der Waals surface area contributed by atoms with Crippen LogP contribution in [0.2, 0.25) is 0 Å². The Morgan fingerprint density at radius 2 is 1.97 bits per heavy atom. The number of rotatable bonds is 5. The summed E-state index contributed by atoms with van der Waals surface area (Å²) >= 11 is 1.07. The molecule has 0 aliphatic heterocycles. The van der Waals surface area contributed by atoms with Crippen molar-refractivity contribution in [3.63, 3.8) is 0 Å². The van der Waals surface area contributed by atoms with Gasteiger partial charge >= 0.3 is 5.97 Å². The van der Waals surface area contributed by atoms with Crippen LogP contribution in [0.3, 0.4) is 0 Å². The van der Waals surface area contributed by atoms with Crippen LogP contribution in [0.25, 0.3) is 0 Å². The highest BCUT2D eigenvalue weighted by atomic mass is 32.2. The lowest BCUT2D eigenvalue weighted by molar-refractivity contribution is -0.136. The van der Waals surface area contributed by atoms with Gasteiger partial charge < -0.3 is 15.3 Å². The Morgan fingerprint density at radius 1 is 1.28 bits per heavy atom. The van der Waals surface area contributed by atoms with E-state index in [1.807, 2.05) is 0 Å². The van der Waals surface area contributed by atoms with Crippen LogP contribution in [0.4, 0.5) is 0 Å². The lowest BCUT2D eigenvalue weighted by atomic mass is 9.47. The first kappa shape index (κ1) is 22.1. The summed E-state index contributed by atoms with van der Waals surface area (Å²) in [4.78, 5) is 11.7. The first-order valence-electron chi connectivity index (χ1n) is 10.6. The molecular formula is C24H34O4S. The number of thioether (sulfide) groups is 1. The summed E-state index contributed by atoms with van der Waals surface area (Å²) in [6, 6.07) is 3.12. The van der Waals surface area contributed by atoms with Gasteiger partial charge in [-0.2, -0.15) is 0 Å². The van der Waals surface area contributed by atoms with Gasteiger partial charge in [-0.3, -0.25) is 4.79 Å². The molecule has 0 saturated heterocycles. The van der Waals surface area contributed by atoms with E-state index in [2.05, 4.69) is 33.8 Å². The third kappa shape index (κ3) is 3.90.